The summed E-state index contributed by atoms with van der Waals surface area (Å²) in [6.45, 7) is 1.90. The number of rotatable bonds is 4. The SMILES string of the molecule is CC(C1OC1(c1ccccc1)c1ccccc1)N1C(=O)c2cccc3cccc(c23)C1=O. The number of epoxide rings is 1. The topological polar surface area (TPSA) is 49.9 Å². The molecule has 4 nitrogen and oxygen atoms in total. The van der Waals surface area contributed by atoms with Crippen LogP contribution in [-0.2, 0) is 10.3 Å². The number of carbonyl (C=O) groups is 2. The van der Waals surface area contributed by atoms with E-state index in [1.807, 2.05) is 91.9 Å². The molecule has 6 rings (SSSR count). The van der Waals surface area contributed by atoms with E-state index in [0.717, 1.165) is 21.9 Å². The van der Waals surface area contributed by atoms with Gasteiger partial charge in [0.05, 0.1) is 6.04 Å². The van der Waals surface area contributed by atoms with Crippen molar-refractivity contribution >= 4 is 22.6 Å². The Kier molecular flexibility index (Phi) is 4.07. The van der Waals surface area contributed by atoms with Crippen LogP contribution in [0, 0.1) is 0 Å². The van der Waals surface area contributed by atoms with E-state index < -0.39 is 11.6 Å². The van der Waals surface area contributed by atoms with E-state index in [9.17, 15) is 9.59 Å². The summed E-state index contributed by atoms with van der Waals surface area (Å²) < 4.78 is 6.40. The largest absolute Gasteiger partial charge is 0.354 e. The molecule has 2 heterocycles. The van der Waals surface area contributed by atoms with Gasteiger partial charge in [-0.25, -0.2) is 0 Å². The molecule has 0 spiro atoms. The summed E-state index contributed by atoms with van der Waals surface area (Å²) in [7, 11) is 0. The number of hydrogen-bond donors (Lipinski definition) is 0. The molecule has 0 saturated carbocycles. The number of imide groups is 1. The van der Waals surface area contributed by atoms with Gasteiger partial charge >= 0.3 is 0 Å². The Morgan fingerprint density at radius 2 is 1.22 bits per heavy atom. The molecule has 0 N–H and O–H groups in total. The number of benzene rings is 4. The molecule has 4 aromatic carbocycles. The van der Waals surface area contributed by atoms with Crippen LogP contribution >= 0.6 is 0 Å². The number of hydrogen-bond acceptors (Lipinski definition) is 3. The molecule has 0 aliphatic carbocycles. The molecular weight excluding hydrogens is 398 g/mol. The highest BCUT2D eigenvalue weighted by molar-refractivity contribution is 6.25. The Bertz CT molecular complexity index is 1270. The minimum Gasteiger partial charge on any atom is -0.354 e. The van der Waals surface area contributed by atoms with Gasteiger partial charge in [0.25, 0.3) is 11.8 Å². The van der Waals surface area contributed by atoms with Crippen LogP contribution in [0.15, 0.2) is 97.1 Å². The molecule has 2 amide bonds. The summed E-state index contributed by atoms with van der Waals surface area (Å²) in [5, 5.41) is 1.64. The molecular formula is C28H21NO3. The molecule has 1 fully saturated rings. The van der Waals surface area contributed by atoms with Gasteiger partial charge in [-0.05, 0) is 35.6 Å². The number of ether oxygens (including phenoxy) is 1. The molecule has 2 aliphatic rings. The van der Waals surface area contributed by atoms with Crippen LogP contribution in [0.25, 0.3) is 10.8 Å². The van der Waals surface area contributed by atoms with E-state index in [1.165, 1.54) is 4.90 Å². The number of amides is 2. The van der Waals surface area contributed by atoms with Gasteiger partial charge in [0.15, 0.2) is 0 Å². The van der Waals surface area contributed by atoms with Crippen LogP contribution in [0.4, 0.5) is 0 Å². The first-order chi connectivity index (χ1) is 15.6. The smallest absolute Gasteiger partial charge is 0.261 e. The summed E-state index contributed by atoms with van der Waals surface area (Å²) in [6, 6.07) is 30.8. The van der Waals surface area contributed by atoms with Gasteiger partial charge in [-0.2, -0.15) is 0 Å². The van der Waals surface area contributed by atoms with Gasteiger partial charge in [0.1, 0.15) is 11.7 Å². The lowest BCUT2D eigenvalue weighted by molar-refractivity contribution is 0.0526. The molecule has 2 unspecified atom stereocenters. The second-order valence-electron chi connectivity index (χ2n) is 8.44. The Morgan fingerprint density at radius 1 is 0.719 bits per heavy atom. The van der Waals surface area contributed by atoms with Crippen LogP contribution in [0.3, 0.4) is 0 Å². The lowest BCUT2D eigenvalue weighted by atomic mass is 9.84. The van der Waals surface area contributed by atoms with Crippen molar-refractivity contribution < 1.29 is 14.3 Å². The average Bonchev–Trinajstić information content (AvgIpc) is 3.61. The summed E-state index contributed by atoms with van der Waals surface area (Å²) in [5.41, 5.74) is 2.47. The minimum atomic E-state index is -0.689. The second kappa shape index (κ2) is 6.87. The minimum absolute atomic E-state index is 0.266. The first-order valence-electron chi connectivity index (χ1n) is 10.8. The highest BCUT2D eigenvalue weighted by atomic mass is 16.6. The van der Waals surface area contributed by atoms with Gasteiger partial charge in [0.2, 0.25) is 0 Å². The Hall–Kier alpha value is -3.76. The maximum Gasteiger partial charge on any atom is 0.261 e. The molecule has 32 heavy (non-hydrogen) atoms. The monoisotopic (exact) mass is 419 g/mol. The first kappa shape index (κ1) is 19.0. The van der Waals surface area contributed by atoms with Crippen molar-refractivity contribution in [3.05, 3.63) is 119 Å². The maximum absolute atomic E-state index is 13.5. The van der Waals surface area contributed by atoms with Gasteiger partial charge in [-0.1, -0.05) is 84.9 Å². The maximum atomic E-state index is 13.5. The predicted molar refractivity (Wildman–Crippen MR) is 122 cm³/mol. The zero-order chi connectivity index (χ0) is 21.9. The van der Waals surface area contributed by atoms with Crippen LogP contribution in [0.5, 0.6) is 0 Å². The fourth-order valence-electron chi connectivity index (χ4n) is 5.16. The third-order valence-corrected chi connectivity index (χ3v) is 6.71. The predicted octanol–water partition coefficient (Wildman–Crippen LogP) is 5.17. The van der Waals surface area contributed by atoms with Crippen molar-refractivity contribution in [2.75, 3.05) is 0 Å². The van der Waals surface area contributed by atoms with Crippen molar-refractivity contribution in [1.29, 1.82) is 0 Å². The molecule has 4 aromatic rings. The van der Waals surface area contributed by atoms with Crippen molar-refractivity contribution in [1.82, 2.24) is 4.90 Å². The second-order valence-corrected chi connectivity index (χ2v) is 8.44. The molecule has 2 atom stereocenters. The fourth-order valence-corrected chi connectivity index (χ4v) is 5.16. The van der Waals surface area contributed by atoms with Crippen LogP contribution in [0.1, 0.15) is 38.8 Å². The quantitative estimate of drug-likeness (QED) is 0.339. The van der Waals surface area contributed by atoms with Crippen molar-refractivity contribution in [3.8, 4) is 0 Å². The molecule has 1 saturated heterocycles. The number of nitrogens with zero attached hydrogens (tertiary/aromatic N) is 1. The molecule has 0 aromatic heterocycles. The summed E-state index contributed by atoms with van der Waals surface area (Å²) in [5.74, 6) is -0.533. The van der Waals surface area contributed by atoms with Crippen molar-refractivity contribution in [2.24, 2.45) is 0 Å². The Balaban J connectivity index is 1.44. The third-order valence-electron chi connectivity index (χ3n) is 6.71. The van der Waals surface area contributed by atoms with Gasteiger partial charge in [-0.3, -0.25) is 14.5 Å². The summed E-state index contributed by atoms with van der Waals surface area (Å²) in [6.07, 6.45) is -0.343. The fraction of sp³-hybridized carbons (Fsp3) is 0.143. The lowest BCUT2D eigenvalue weighted by Gasteiger charge is -2.32. The van der Waals surface area contributed by atoms with Crippen LogP contribution in [-0.4, -0.2) is 28.9 Å². The summed E-state index contributed by atoms with van der Waals surface area (Å²) >= 11 is 0. The summed E-state index contributed by atoms with van der Waals surface area (Å²) in [4.78, 5) is 28.4. The average molecular weight is 419 g/mol. The zero-order valence-corrected chi connectivity index (χ0v) is 17.6. The van der Waals surface area contributed by atoms with E-state index in [4.69, 9.17) is 4.74 Å². The van der Waals surface area contributed by atoms with Crippen molar-refractivity contribution in [3.63, 3.8) is 0 Å². The molecule has 0 bridgehead atoms. The van der Waals surface area contributed by atoms with Crippen LogP contribution in [0.2, 0.25) is 0 Å². The number of carbonyl (C=O) groups excluding carboxylic acids is 2. The third kappa shape index (κ3) is 2.53. The molecule has 156 valence electrons. The van der Waals surface area contributed by atoms with Gasteiger partial charge < -0.3 is 4.74 Å². The zero-order valence-electron chi connectivity index (χ0n) is 17.6. The standard InChI is InChI=1S/C28H21NO3/c1-18(25-28(32-25,20-12-4-2-5-13-20)21-14-6-3-7-15-21)29-26(30)22-16-8-10-19-11-9-17-23(24(19)22)27(29)31/h2-18,25H,1H3. The molecule has 0 radical (unpaired) electrons. The van der Waals surface area contributed by atoms with Crippen LogP contribution < -0.4 is 0 Å². The normalized spacial score (nSPS) is 19.8. The first-order valence-corrected chi connectivity index (χ1v) is 10.8. The Labute approximate surface area is 186 Å². The highest BCUT2D eigenvalue weighted by Crippen LogP contribution is 2.54. The molecule has 4 heteroatoms. The van der Waals surface area contributed by atoms with E-state index >= 15 is 0 Å². The highest BCUT2D eigenvalue weighted by Gasteiger charge is 2.63. The lowest BCUT2D eigenvalue weighted by Crippen LogP contribution is -2.49. The van der Waals surface area contributed by atoms with E-state index in [2.05, 4.69) is 0 Å². The van der Waals surface area contributed by atoms with Gasteiger partial charge in [-0.15, -0.1) is 0 Å². The Morgan fingerprint density at radius 3 is 1.72 bits per heavy atom. The van der Waals surface area contributed by atoms with Gasteiger partial charge in [0, 0.05) is 16.5 Å². The van der Waals surface area contributed by atoms with E-state index in [-0.39, 0.29) is 17.9 Å². The van der Waals surface area contributed by atoms with Crippen molar-refractivity contribution in [2.45, 2.75) is 24.7 Å². The van der Waals surface area contributed by atoms with E-state index in [0.29, 0.717) is 11.1 Å². The van der Waals surface area contributed by atoms with E-state index in [1.54, 1.807) is 12.1 Å². The molecule has 2 aliphatic heterocycles.